The summed E-state index contributed by atoms with van der Waals surface area (Å²) in [5.41, 5.74) is 0. The Kier molecular flexibility index (Phi) is 31.8. The molecule has 0 fully saturated rings. The highest BCUT2D eigenvalue weighted by Crippen LogP contribution is 2.14. The fourth-order valence-corrected chi connectivity index (χ4v) is 5.38. The summed E-state index contributed by atoms with van der Waals surface area (Å²) in [6, 6.07) is -0.808. The van der Waals surface area contributed by atoms with E-state index in [1.165, 1.54) is 122 Å². The summed E-state index contributed by atoms with van der Waals surface area (Å²) < 4.78 is 0. The zero-order valence-corrected chi connectivity index (χ0v) is 27.9. The molecule has 42 heavy (non-hydrogen) atoms. The van der Waals surface area contributed by atoms with Crippen LogP contribution in [0.5, 0.6) is 0 Å². The zero-order valence-electron chi connectivity index (χ0n) is 27.9. The molecule has 1 amide bonds. The number of rotatable bonds is 32. The van der Waals surface area contributed by atoms with Crippen LogP contribution in [0.4, 0.5) is 0 Å². The molecule has 0 aromatic rings. The molecule has 0 aliphatic heterocycles. The summed E-state index contributed by atoms with van der Waals surface area (Å²) in [6.45, 7) is 4.14. The topological polar surface area (TPSA) is 89.8 Å². The maximum Gasteiger partial charge on any atom is 0.249 e. The number of amides is 1. The first-order chi connectivity index (χ1) is 20.6. The Morgan fingerprint density at radius 2 is 0.976 bits per heavy atom. The minimum Gasteiger partial charge on any atom is -0.394 e. The molecule has 0 saturated heterocycles. The molecule has 5 nitrogen and oxygen atoms in total. The predicted octanol–water partition coefficient (Wildman–Crippen LogP) is 9.48. The van der Waals surface area contributed by atoms with Crippen molar-refractivity contribution in [2.75, 3.05) is 6.61 Å². The Labute approximate surface area is 261 Å². The highest BCUT2D eigenvalue weighted by atomic mass is 16.3. The summed E-state index contributed by atoms with van der Waals surface area (Å²) in [5, 5.41) is 32.9. The van der Waals surface area contributed by atoms with Crippen molar-refractivity contribution in [1.29, 1.82) is 0 Å². The summed E-state index contributed by atoms with van der Waals surface area (Å²) in [4.78, 5) is 12.4. The highest BCUT2D eigenvalue weighted by Gasteiger charge is 2.22. The van der Waals surface area contributed by atoms with Gasteiger partial charge in [-0.15, -0.1) is 0 Å². The lowest BCUT2D eigenvalue weighted by molar-refractivity contribution is -0.131. The van der Waals surface area contributed by atoms with E-state index in [-0.39, 0.29) is 6.61 Å². The number of aliphatic hydroxyl groups excluding tert-OH is 3. The zero-order chi connectivity index (χ0) is 30.9. The highest BCUT2D eigenvalue weighted by molar-refractivity contribution is 5.80. The van der Waals surface area contributed by atoms with Gasteiger partial charge in [-0.3, -0.25) is 4.79 Å². The van der Waals surface area contributed by atoms with Gasteiger partial charge in [-0.25, -0.2) is 0 Å². The van der Waals surface area contributed by atoms with Crippen molar-refractivity contribution in [3.63, 3.8) is 0 Å². The van der Waals surface area contributed by atoms with Crippen molar-refractivity contribution >= 4 is 5.91 Å². The fourth-order valence-electron chi connectivity index (χ4n) is 5.38. The van der Waals surface area contributed by atoms with E-state index in [9.17, 15) is 20.1 Å². The molecule has 0 saturated carbocycles. The number of aliphatic hydroxyl groups is 3. The molecule has 0 heterocycles. The monoisotopic (exact) mass is 594 g/mol. The Morgan fingerprint density at radius 1 is 0.571 bits per heavy atom. The van der Waals surface area contributed by atoms with E-state index in [4.69, 9.17) is 0 Å². The van der Waals surface area contributed by atoms with Crippen LogP contribution in [0.25, 0.3) is 0 Å². The number of unbranched alkanes of at least 4 members (excludes halogenated alkanes) is 22. The molecule has 248 valence electrons. The molecule has 0 rings (SSSR count). The van der Waals surface area contributed by atoms with Gasteiger partial charge >= 0.3 is 0 Å². The standard InChI is InChI=1S/C37H71NO4/c1-3-5-7-9-11-13-15-17-18-20-22-24-26-28-30-32-36(41)37(42)38-34(33-39)35(40)31-29-27-25-23-21-19-16-14-12-10-8-6-4-2/h21,23,29,31,34-36,39-41H,3-20,22,24-28,30,32-33H2,1-2H3,(H,38,42)/b23-21+,31-29+. The minimum atomic E-state index is -1.10. The second-order valence-corrected chi connectivity index (χ2v) is 12.4. The van der Waals surface area contributed by atoms with Gasteiger partial charge in [-0.1, -0.05) is 173 Å². The van der Waals surface area contributed by atoms with Gasteiger partial charge in [-0.2, -0.15) is 0 Å². The van der Waals surface area contributed by atoms with E-state index < -0.39 is 24.2 Å². The van der Waals surface area contributed by atoms with E-state index in [0.717, 1.165) is 38.5 Å². The maximum atomic E-state index is 12.4. The van der Waals surface area contributed by atoms with Gasteiger partial charge in [0, 0.05) is 0 Å². The number of nitrogens with one attached hydrogen (secondary N) is 1. The summed E-state index contributed by atoms with van der Waals surface area (Å²) in [6.07, 6.45) is 37.6. The third-order valence-corrected chi connectivity index (χ3v) is 8.29. The smallest absolute Gasteiger partial charge is 0.249 e. The van der Waals surface area contributed by atoms with Crippen LogP contribution in [-0.4, -0.2) is 46.1 Å². The van der Waals surface area contributed by atoms with Gasteiger partial charge in [-0.05, 0) is 32.1 Å². The molecule has 3 atom stereocenters. The largest absolute Gasteiger partial charge is 0.394 e. The Bertz CT molecular complexity index is 621. The average molecular weight is 594 g/mol. The van der Waals surface area contributed by atoms with Crippen LogP contribution in [0.2, 0.25) is 0 Å². The fraction of sp³-hybridized carbons (Fsp3) is 0.865. The van der Waals surface area contributed by atoms with Crippen molar-refractivity contribution in [1.82, 2.24) is 5.32 Å². The average Bonchev–Trinajstić information content (AvgIpc) is 2.99. The van der Waals surface area contributed by atoms with Crippen LogP contribution in [0.15, 0.2) is 24.3 Å². The Hall–Kier alpha value is -1.17. The lowest BCUT2D eigenvalue weighted by Crippen LogP contribution is -2.48. The van der Waals surface area contributed by atoms with Gasteiger partial charge in [0.25, 0.3) is 0 Å². The van der Waals surface area contributed by atoms with E-state index in [2.05, 4.69) is 31.3 Å². The van der Waals surface area contributed by atoms with Gasteiger partial charge < -0.3 is 20.6 Å². The van der Waals surface area contributed by atoms with Gasteiger partial charge in [0.15, 0.2) is 0 Å². The van der Waals surface area contributed by atoms with E-state index in [1.54, 1.807) is 6.08 Å². The summed E-state index contributed by atoms with van der Waals surface area (Å²) in [5.74, 6) is -0.514. The van der Waals surface area contributed by atoms with Crippen LogP contribution in [0.3, 0.4) is 0 Å². The first kappa shape index (κ1) is 40.8. The van der Waals surface area contributed by atoms with Crippen molar-refractivity contribution in [2.45, 2.75) is 199 Å². The quantitative estimate of drug-likeness (QED) is 0.0462. The molecule has 5 heteroatoms. The van der Waals surface area contributed by atoms with Crippen LogP contribution in [0.1, 0.15) is 181 Å². The number of carbonyl (C=O) groups is 1. The first-order valence-electron chi connectivity index (χ1n) is 18.2. The van der Waals surface area contributed by atoms with Crippen molar-refractivity contribution in [3.05, 3.63) is 24.3 Å². The second-order valence-electron chi connectivity index (χ2n) is 12.4. The minimum absolute atomic E-state index is 0.374. The number of hydrogen-bond donors (Lipinski definition) is 4. The van der Waals surface area contributed by atoms with E-state index in [0.29, 0.717) is 6.42 Å². The van der Waals surface area contributed by atoms with Crippen LogP contribution >= 0.6 is 0 Å². The Balaban J connectivity index is 3.78. The van der Waals surface area contributed by atoms with Crippen molar-refractivity contribution in [3.8, 4) is 0 Å². The number of allylic oxidation sites excluding steroid dienone is 3. The maximum absolute atomic E-state index is 12.4. The van der Waals surface area contributed by atoms with Crippen molar-refractivity contribution < 1.29 is 20.1 Å². The van der Waals surface area contributed by atoms with Gasteiger partial charge in [0.2, 0.25) is 5.91 Å². The first-order valence-corrected chi connectivity index (χ1v) is 18.2. The van der Waals surface area contributed by atoms with Gasteiger partial charge in [0.1, 0.15) is 6.10 Å². The predicted molar refractivity (Wildman–Crippen MR) is 181 cm³/mol. The SMILES string of the molecule is CCCCCCCCC/C=C/CC/C=C/C(O)C(CO)NC(=O)C(O)CCCCCCCCCCCCCCCCC. The molecule has 0 aliphatic carbocycles. The molecular formula is C37H71NO4. The van der Waals surface area contributed by atoms with Crippen LogP contribution < -0.4 is 5.32 Å². The number of hydrogen-bond acceptors (Lipinski definition) is 4. The normalized spacial score (nSPS) is 14.1. The third kappa shape index (κ3) is 27.7. The molecular weight excluding hydrogens is 522 g/mol. The van der Waals surface area contributed by atoms with Crippen molar-refractivity contribution in [2.24, 2.45) is 0 Å². The van der Waals surface area contributed by atoms with E-state index >= 15 is 0 Å². The number of carbonyl (C=O) groups excluding carboxylic acids is 1. The second kappa shape index (κ2) is 32.7. The lowest BCUT2D eigenvalue weighted by atomic mass is 10.0. The molecule has 3 unspecified atom stereocenters. The molecule has 0 spiro atoms. The van der Waals surface area contributed by atoms with Crippen LogP contribution in [-0.2, 0) is 4.79 Å². The summed E-state index contributed by atoms with van der Waals surface area (Å²) in [7, 11) is 0. The molecule has 0 aromatic heterocycles. The third-order valence-electron chi connectivity index (χ3n) is 8.29. The molecule has 0 aromatic carbocycles. The van der Waals surface area contributed by atoms with Gasteiger partial charge in [0.05, 0.1) is 18.8 Å². The molecule has 4 N–H and O–H groups in total. The van der Waals surface area contributed by atoms with Crippen LogP contribution in [0, 0.1) is 0 Å². The Morgan fingerprint density at radius 3 is 1.45 bits per heavy atom. The molecule has 0 radical (unpaired) electrons. The summed E-state index contributed by atoms with van der Waals surface area (Å²) >= 11 is 0. The molecule has 0 bridgehead atoms. The lowest BCUT2D eigenvalue weighted by Gasteiger charge is -2.21. The molecule has 0 aliphatic rings. The van der Waals surface area contributed by atoms with E-state index in [1.807, 2.05) is 6.08 Å².